The molecular formula is C12H15BrO2S. The van der Waals surface area contributed by atoms with Gasteiger partial charge in [-0.2, -0.15) is 0 Å². The Morgan fingerprint density at radius 1 is 1.56 bits per heavy atom. The molecule has 1 rings (SSSR count). The van der Waals surface area contributed by atoms with Gasteiger partial charge in [-0.05, 0) is 60.8 Å². The number of hydrogen-bond donors (Lipinski definition) is 1. The first-order chi connectivity index (χ1) is 7.42. The van der Waals surface area contributed by atoms with E-state index >= 15 is 0 Å². The van der Waals surface area contributed by atoms with E-state index in [2.05, 4.69) is 15.9 Å². The smallest absolute Gasteiger partial charge is 0.309 e. The number of aliphatic carboxylic acids is 1. The van der Waals surface area contributed by atoms with Crippen LogP contribution in [0.5, 0.6) is 0 Å². The minimum atomic E-state index is -0.736. The minimum Gasteiger partial charge on any atom is -0.481 e. The van der Waals surface area contributed by atoms with Crippen LogP contribution < -0.4 is 0 Å². The SMILES string of the molecule is CC(C)(CC/C=C/c1ccc(Br)s1)C(=O)O. The minimum absolute atomic E-state index is 0.639. The summed E-state index contributed by atoms with van der Waals surface area (Å²) >= 11 is 5.06. The summed E-state index contributed by atoms with van der Waals surface area (Å²) in [7, 11) is 0. The van der Waals surface area contributed by atoms with Crippen LogP contribution in [0, 0.1) is 5.41 Å². The van der Waals surface area contributed by atoms with Crippen molar-refractivity contribution in [1.82, 2.24) is 0 Å². The number of halogens is 1. The average Bonchev–Trinajstić information content (AvgIpc) is 2.59. The number of carboxylic acid groups (broad SMARTS) is 1. The fraction of sp³-hybridized carbons (Fsp3) is 0.417. The van der Waals surface area contributed by atoms with E-state index in [4.69, 9.17) is 5.11 Å². The van der Waals surface area contributed by atoms with Crippen molar-refractivity contribution in [3.05, 3.63) is 26.9 Å². The van der Waals surface area contributed by atoms with Crippen LogP contribution in [0.3, 0.4) is 0 Å². The van der Waals surface area contributed by atoms with Gasteiger partial charge in [0.2, 0.25) is 0 Å². The molecule has 88 valence electrons. The lowest BCUT2D eigenvalue weighted by molar-refractivity contribution is -0.147. The highest BCUT2D eigenvalue weighted by molar-refractivity contribution is 9.11. The molecule has 0 unspecified atom stereocenters. The van der Waals surface area contributed by atoms with Crippen LogP contribution in [0.1, 0.15) is 31.6 Å². The van der Waals surface area contributed by atoms with Crippen molar-refractivity contribution < 1.29 is 9.90 Å². The molecule has 16 heavy (non-hydrogen) atoms. The number of rotatable bonds is 5. The van der Waals surface area contributed by atoms with E-state index in [1.54, 1.807) is 25.2 Å². The highest BCUT2D eigenvalue weighted by atomic mass is 79.9. The quantitative estimate of drug-likeness (QED) is 0.874. The summed E-state index contributed by atoms with van der Waals surface area (Å²) < 4.78 is 1.11. The van der Waals surface area contributed by atoms with Crippen LogP contribution >= 0.6 is 27.3 Å². The van der Waals surface area contributed by atoms with Crippen LogP contribution in [0.4, 0.5) is 0 Å². The van der Waals surface area contributed by atoms with E-state index in [0.29, 0.717) is 6.42 Å². The average molecular weight is 303 g/mol. The Morgan fingerprint density at radius 3 is 2.75 bits per heavy atom. The summed E-state index contributed by atoms with van der Waals surface area (Å²) in [6.45, 7) is 3.51. The Balaban J connectivity index is 2.41. The molecule has 1 heterocycles. The van der Waals surface area contributed by atoms with Crippen molar-refractivity contribution in [3.8, 4) is 0 Å². The lowest BCUT2D eigenvalue weighted by Crippen LogP contribution is -2.22. The molecule has 0 aliphatic heterocycles. The molecule has 0 radical (unpaired) electrons. The summed E-state index contributed by atoms with van der Waals surface area (Å²) in [5.74, 6) is -0.736. The van der Waals surface area contributed by atoms with Crippen molar-refractivity contribution in [1.29, 1.82) is 0 Å². The molecule has 0 aliphatic carbocycles. The number of thiophene rings is 1. The maximum atomic E-state index is 10.9. The maximum Gasteiger partial charge on any atom is 0.309 e. The molecule has 0 saturated heterocycles. The van der Waals surface area contributed by atoms with Gasteiger partial charge in [0, 0.05) is 4.88 Å². The molecule has 0 aromatic carbocycles. The van der Waals surface area contributed by atoms with Crippen LogP contribution in [0.25, 0.3) is 6.08 Å². The molecule has 1 aromatic heterocycles. The Hall–Kier alpha value is -0.610. The van der Waals surface area contributed by atoms with E-state index in [9.17, 15) is 4.79 Å². The molecular weight excluding hydrogens is 288 g/mol. The zero-order valence-corrected chi connectivity index (χ0v) is 11.8. The molecule has 0 fully saturated rings. The lowest BCUT2D eigenvalue weighted by Gasteiger charge is -2.17. The van der Waals surface area contributed by atoms with Gasteiger partial charge in [0.05, 0.1) is 9.20 Å². The number of carbonyl (C=O) groups is 1. The zero-order chi connectivity index (χ0) is 12.2. The van der Waals surface area contributed by atoms with E-state index in [-0.39, 0.29) is 0 Å². The van der Waals surface area contributed by atoms with E-state index in [1.165, 1.54) is 4.88 Å². The number of carboxylic acids is 1. The van der Waals surface area contributed by atoms with Gasteiger partial charge >= 0.3 is 5.97 Å². The third-order valence-electron chi connectivity index (χ3n) is 2.39. The molecule has 0 atom stereocenters. The van der Waals surface area contributed by atoms with Gasteiger partial charge < -0.3 is 5.11 Å². The molecule has 0 saturated carbocycles. The first kappa shape index (κ1) is 13.5. The van der Waals surface area contributed by atoms with Crippen molar-refractivity contribution >= 4 is 39.3 Å². The van der Waals surface area contributed by atoms with Gasteiger partial charge in [-0.25, -0.2) is 0 Å². The van der Waals surface area contributed by atoms with Gasteiger partial charge in [0.1, 0.15) is 0 Å². The lowest BCUT2D eigenvalue weighted by atomic mass is 9.88. The van der Waals surface area contributed by atoms with Crippen molar-refractivity contribution in [2.75, 3.05) is 0 Å². The normalized spacial score (nSPS) is 12.2. The van der Waals surface area contributed by atoms with Crippen LogP contribution in [-0.2, 0) is 4.79 Å². The van der Waals surface area contributed by atoms with E-state index in [1.807, 2.05) is 24.3 Å². The predicted octanol–water partition coefficient (Wildman–Crippen LogP) is 4.41. The summed E-state index contributed by atoms with van der Waals surface area (Å²) in [4.78, 5) is 12.0. The first-order valence-electron chi connectivity index (χ1n) is 5.07. The number of hydrogen-bond acceptors (Lipinski definition) is 2. The Bertz CT molecular complexity index is 393. The molecule has 0 amide bonds. The van der Waals surface area contributed by atoms with Gasteiger partial charge in [-0.1, -0.05) is 6.08 Å². The van der Waals surface area contributed by atoms with Crippen LogP contribution in [0.2, 0.25) is 0 Å². The molecule has 0 spiro atoms. The van der Waals surface area contributed by atoms with Crippen LogP contribution in [0.15, 0.2) is 22.0 Å². The third-order valence-corrected chi connectivity index (χ3v) is 3.98. The molecule has 2 nitrogen and oxygen atoms in total. The summed E-state index contributed by atoms with van der Waals surface area (Å²) in [6.07, 6.45) is 5.51. The predicted molar refractivity (Wildman–Crippen MR) is 71.7 cm³/mol. The summed E-state index contributed by atoms with van der Waals surface area (Å²) in [5, 5.41) is 8.93. The van der Waals surface area contributed by atoms with Gasteiger partial charge in [0.25, 0.3) is 0 Å². The first-order valence-corrected chi connectivity index (χ1v) is 6.68. The van der Waals surface area contributed by atoms with Gasteiger partial charge in [-0.15, -0.1) is 11.3 Å². The fourth-order valence-corrected chi connectivity index (χ4v) is 2.52. The largest absolute Gasteiger partial charge is 0.481 e. The van der Waals surface area contributed by atoms with Crippen molar-refractivity contribution in [3.63, 3.8) is 0 Å². The topological polar surface area (TPSA) is 37.3 Å². The maximum absolute atomic E-state index is 10.9. The summed E-state index contributed by atoms with van der Waals surface area (Å²) in [5.41, 5.74) is -0.639. The monoisotopic (exact) mass is 302 g/mol. The third kappa shape index (κ3) is 4.10. The second-order valence-corrected chi connectivity index (χ2v) is 6.77. The Kier molecular flexibility index (Phi) is 4.74. The molecule has 0 aliphatic rings. The van der Waals surface area contributed by atoms with E-state index in [0.717, 1.165) is 10.2 Å². The molecule has 1 N–H and O–H groups in total. The van der Waals surface area contributed by atoms with Crippen LogP contribution in [-0.4, -0.2) is 11.1 Å². The molecule has 4 heteroatoms. The summed E-state index contributed by atoms with van der Waals surface area (Å²) in [6, 6.07) is 4.04. The second kappa shape index (κ2) is 5.64. The molecule has 1 aromatic rings. The van der Waals surface area contributed by atoms with Crippen molar-refractivity contribution in [2.45, 2.75) is 26.7 Å². The zero-order valence-electron chi connectivity index (χ0n) is 9.37. The van der Waals surface area contributed by atoms with Gasteiger partial charge in [0.15, 0.2) is 0 Å². The fourth-order valence-electron chi connectivity index (χ4n) is 1.17. The molecule has 0 bridgehead atoms. The Labute approximate surface area is 108 Å². The van der Waals surface area contributed by atoms with E-state index < -0.39 is 11.4 Å². The van der Waals surface area contributed by atoms with Crippen molar-refractivity contribution in [2.24, 2.45) is 5.41 Å². The second-order valence-electron chi connectivity index (χ2n) is 4.27. The van der Waals surface area contributed by atoms with Gasteiger partial charge in [-0.3, -0.25) is 4.79 Å². The standard InChI is InChI=1S/C12H15BrO2S/c1-12(2,11(14)15)8-4-3-5-9-6-7-10(13)16-9/h3,5-7H,4,8H2,1-2H3,(H,14,15)/b5-3+. The highest BCUT2D eigenvalue weighted by Gasteiger charge is 2.25. The number of allylic oxidation sites excluding steroid dienone is 1. The highest BCUT2D eigenvalue weighted by Crippen LogP contribution is 2.25. The Morgan fingerprint density at radius 2 is 2.25 bits per heavy atom.